The summed E-state index contributed by atoms with van der Waals surface area (Å²) < 4.78 is 3.46. The second kappa shape index (κ2) is 5.03. The highest BCUT2D eigenvalue weighted by Gasteiger charge is 2.38. The van der Waals surface area contributed by atoms with Gasteiger partial charge in [-0.25, -0.2) is 4.98 Å². The van der Waals surface area contributed by atoms with Gasteiger partial charge in [-0.3, -0.25) is 0 Å². The normalized spacial score (nSPS) is 23.4. The average Bonchev–Trinajstić information content (AvgIpc) is 2.88. The third-order valence-corrected chi connectivity index (χ3v) is 5.24. The molecule has 2 atom stereocenters. The molecule has 0 amide bonds. The molecule has 2 unspecified atom stereocenters. The minimum absolute atomic E-state index is 0.0717. The van der Waals surface area contributed by atoms with Gasteiger partial charge in [0.2, 0.25) is 0 Å². The number of hydrogen-bond donors (Lipinski definition) is 0. The standard InChI is InChI=1S/C16H20BrClN2/c1-10(18)15-19-12-9-11(17)6-7-13(12)20(15)14-5-4-8-16(14,2)3/h6-7,9-10,14H,4-5,8H2,1-3H3. The molecule has 0 aliphatic heterocycles. The maximum absolute atomic E-state index is 6.40. The summed E-state index contributed by atoms with van der Waals surface area (Å²) in [7, 11) is 0. The van der Waals surface area contributed by atoms with Gasteiger partial charge in [0.1, 0.15) is 5.82 Å². The maximum atomic E-state index is 6.40. The number of aromatic nitrogens is 2. The molecule has 1 aliphatic rings. The van der Waals surface area contributed by atoms with Crippen molar-refractivity contribution in [3.63, 3.8) is 0 Å². The van der Waals surface area contributed by atoms with Gasteiger partial charge in [0.05, 0.1) is 16.4 Å². The van der Waals surface area contributed by atoms with Gasteiger partial charge in [-0.1, -0.05) is 36.2 Å². The molecule has 1 aromatic carbocycles. The van der Waals surface area contributed by atoms with E-state index in [2.05, 4.69) is 52.5 Å². The summed E-state index contributed by atoms with van der Waals surface area (Å²) in [6.45, 7) is 6.73. The molecule has 1 aromatic heterocycles. The Bertz CT molecular complexity index is 645. The minimum atomic E-state index is -0.0717. The lowest BCUT2D eigenvalue weighted by atomic mass is 9.87. The fourth-order valence-corrected chi connectivity index (χ4v) is 3.99. The first-order valence-corrected chi connectivity index (χ1v) is 8.44. The van der Waals surface area contributed by atoms with E-state index in [0.29, 0.717) is 11.5 Å². The van der Waals surface area contributed by atoms with Crippen molar-refractivity contribution in [2.24, 2.45) is 5.41 Å². The molecule has 1 fully saturated rings. The molecule has 2 aromatic rings. The number of rotatable bonds is 2. The molecular weight excluding hydrogens is 336 g/mol. The molecule has 1 heterocycles. The molecule has 20 heavy (non-hydrogen) atoms. The van der Waals surface area contributed by atoms with E-state index in [1.54, 1.807) is 0 Å². The Morgan fingerprint density at radius 3 is 2.80 bits per heavy atom. The molecular formula is C16H20BrClN2. The van der Waals surface area contributed by atoms with Crippen molar-refractivity contribution in [2.75, 3.05) is 0 Å². The van der Waals surface area contributed by atoms with Gasteiger partial charge in [-0.2, -0.15) is 0 Å². The number of nitrogens with zero attached hydrogens (tertiary/aromatic N) is 2. The summed E-state index contributed by atoms with van der Waals surface area (Å²) in [5, 5.41) is -0.0717. The summed E-state index contributed by atoms with van der Waals surface area (Å²) in [4.78, 5) is 4.78. The molecule has 1 aliphatic carbocycles. The van der Waals surface area contributed by atoms with Crippen LogP contribution in [0.15, 0.2) is 22.7 Å². The molecule has 2 nitrogen and oxygen atoms in total. The predicted molar refractivity (Wildman–Crippen MR) is 88.4 cm³/mol. The Morgan fingerprint density at radius 1 is 1.45 bits per heavy atom. The summed E-state index contributed by atoms with van der Waals surface area (Å²) in [6, 6.07) is 6.82. The minimum Gasteiger partial charge on any atom is -0.323 e. The summed E-state index contributed by atoms with van der Waals surface area (Å²) in [5.41, 5.74) is 2.54. The molecule has 0 radical (unpaired) electrons. The SMILES string of the molecule is CC(Cl)c1nc2cc(Br)ccc2n1C1CCCC1(C)C. The Morgan fingerprint density at radius 2 is 2.20 bits per heavy atom. The number of fused-ring (bicyclic) bond motifs is 1. The second-order valence-corrected chi connectivity index (χ2v) is 8.06. The first-order valence-electron chi connectivity index (χ1n) is 7.21. The zero-order valence-corrected chi connectivity index (χ0v) is 14.5. The van der Waals surface area contributed by atoms with Crippen LogP contribution in [0.2, 0.25) is 0 Å². The molecule has 0 N–H and O–H groups in total. The van der Waals surface area contributed by atoms with Crippen LogP contribution in [0.4, 0.5) is 0 Å². The largest absolute Gasteiger partial charge is 0.323 e. The Balaban J connectivity index is 2.24. The van der Waals surface area contributed by atoms with Crippen molar-refractivity contribution in [3.8, 4) is 0 Å². The lowest BCUT2D eigenvalue weighted by Gasteiger charge is -2.30. The maximum Gasteiger partial charge on any atom is 0.127 e. The van der Waals surface area contributed by atoms with Crippen molar-refractivity contribution in [1.82, 2.24) is 9.55 Å². The van der Waals surface area contributed by atoms with E-state index in [1.165, 1.54) is 24.8 Å². The van der Waals surface area contributed by atoms with Gasteiger partial charge in [0, 0.05) is 10.5 Å². The Kier molecular flexibility index (Phi) is 3.62. The van der Waals surface area contributed by atoms with Gasteiger partial charge < -0.3 is 4.57 Å². The van der Waals surface area contributed by atoms with Gasteiger partial charge in [0.25, 0.3) is 0 Å². The quantitative estimate of drug-likeness (QED) is 0.618. The Labute approximate surface area is 133 Å². The molecule has 0 bridgehead atoms. The molecule has 3 rings (SSSR count). The average molecular weight is 356 g/mol. The van der Waals surface area contributed by atoms with E-state index in [9.17, 15) is 0 Å². The predicted octanol–water partition coefficient (Wildman–Crippen LogP) is 5.85. The zero-order valence-electron chi connectivity index (χ0n) is 12.2. The van der Waals surface area contributed by atoms with E-state index in [4.69, 9.17) is 16.6 Å². The van der Waals surface area contributed by atoms with Gasteiger partial charge in [0.15, 0.2) is 0 Å². The molecule has 0 saturated heterocycles. The molecule has 1 saturated carbocycles. The van der Waals surface area contributed by atoms with Crippen LogP contribution in [0.1, 0.15) is 57.3 Å². The fourth-order valence-electron chi connectivity index (χ4n) is 3.49. The van der Waals surface area contributed by atoms with E-state index in [1.807, 2.05) is 6.92 Å². The van der Waals surface area contributed by atoms with Crippen LogP contribution in [0.25, 0.3) is 11.0 Å². The number of hydrogen-bond acceptors (Lipinski definition) is 1. The number of imidazole rings is 1. The van der Waals surface area contributed by atoms with Crippen LogP contribution < -0.4 is 0 Å². The van der Waals surface area contributed by atoms with Gasteiger partial charge in [-0.05, 0) is 43.4 Å². The third kappa shape index (κ3) is 2.29. The molecule has 4 heteroatoms. The van der Waals surface area contributed by atoms with Crippen molar-refractivity contribution in [3.05, 3.63) is 28.5 Å². The second-order valence-electron chi connectivity index (χ2n) is 6.49. The number of alkyl halides is 1. The van der Waals surface area contributed by atoms with Crippen LogP contribution in [-0.4, -0.2) is 9.55 Å². The topological polar surface area (TPSA) is 17.8 Å². The summed E-state index contributed by atoms with van der Waals surface area (Å²) in [5.74, 6) is 1.000. The lowest BCUT2D eigenvalue weighted by molar-refractivity contribution is 0.261. The van der Waals surface area contributed by atoms with E-state index >= 15 is 0 Å². The van der Waals surface area contributed by atoms with E-state index < -0.39 is 0 Å². The van der Waals surface area contributed by atoms with Crippen molar-refractivity contribution >= 4 is 38.6 Å². The van der Waals surface area contributed by atoms with E-state index in [0.717, 1.165) is 15.8 Å². The first kappa shape index (κ1) is 14.4. The lowest BCUT2D eigenvalue weighted by Crippen LogP contribution is -2.23. The zero-order chi connectivity index (χ0) is 14.5. The van der Waals surface area contributed by atoms with Gasteiger partial charge >= 0.3 is 0 Å². The Hall–Kier alpha value is -0.540. The van der Waals surface area contributed by atoms with Crippen LogP contribution in [0, 0.1) is 5.41 Å². The number of benzene rings is 1. The highest BCUT2D eigenvalue weighted by Crippen LogP contribution is 2.48. The summed E-state index contributed by atoms with van der Waals surface area (Å²) >= 11 is 9.92. The monoisotopic (exact) mass is 354 g/mol. The van der Waals surface area contributed by atoms with E-state index in [-0.39, 0.29) is 5.38 Å². The smallest absolute Gasteiger partial charge is 0.127 e. The third-order valence-electron chi connectivity index (χ3n) is 4.55. The highest BCUT2D eigenvalue weighted by atomic mass is 79.9. The van der Waals surface area contributed by atoms with Crippen LogP contribution in [0.3, 0.4) is 0 Å². The van der Waals surface area contributed by atoms with Crippen LogP contribution in [0.5, 0.6) is 0 Å². The fraction of sp³-hybridized carbons (Fsp3) is 0.562. The van der Waals surface area contributed by atoms with Gasteiger partial charge in [-0.15, -0.1) is 11.6 Å². The number of halogens is 2. The van der Waals surface area contributed by atoms with Crippen molar-refractivity contribution < 1.29 is 0 Å². The highest BCUT2D eigenvalue weighted by molar-refractivity contribution is 9.10. The molecule has 108 valence electrons. The van der Waals surface area contributed by atoms with Crippen LogP contribution in [-0.2, 0) is 0 Å². The molecule has 0 spiro atoms. The summed E-state index contributed by atoms with van der Waals surface area (Å²) in [6.07, 6.45) is 3.76. The first-order chi connectivity index (χ1) is 9.40. The van der Waals surface area contributed by atoms with Crippen molar-refractivity contribution in [2.45, 2.75) is 51.5 Å². The van der Waals surface area contributed by atoms with Crippen molar-refractivity contribution in [1.29, 1.82) is 0 Å². The van der Waals surface area contributed by atoms with Crippen LogP contribution >= 0.6 is 27.5 Å².